The molecule has 1 aromatic heterocycles. The highest BCUT2D eigenvalue weighted by atomic mass is 35.5. The highest BCUT2D eigenvalue weighted by Gasteiger charge is 2.33. The Morgan fingerprint density at radius 2 is 1.69 bits per heavy atom. The number of nitrogens with one attached hydrogen (secondary N) is 1. The van der Waals surface area contributed by atoms with Crippen LogP contribution >= 0.6 is 11.6 Å². The van der Waals surface area contributed by atoms with Gasteiger partial charge in [-0.1, -0.05) is 35.9 Å². The van der Waals surface area contributed by atoms with Gasteiger partial charge in [-0.2, -0.15) is 13.2 Å². The van der Waals surface area contributed by atoms with Crippen molar-refractivity contribution < 1.29 is 17.9 Å². The van der Waals surface area contributed by atoms with Gasteiger partial charge in [0.2, 0.25) is 0 Å². The molecule has 0 spiro atoms. The maximum absolute atomic E-state index is 13.4. The average molecular weight is 459 g/mol. The molecule has 0 unspecified atom stereocenters. The third kappa shape index (κ3) is 4.76. The number of hydrogen-bond donors (Lipinski definition) is 2. The molecule has 0 radical (unpaired) electrons. The number of benzene rings is 3. The van der Waals surface area contributed by atoms with Crippen molar-refractivity contribution in [2.24, 2.45) is 5.73 Å². The van der Waals surface area contributed by atoms with Gasteiger partial charge in [-0.3, -0.25) is 0 Å². The van der Waals surface area contributed by atoms with E-state index < -0.39 is 11.7 Å². The van der Waals surface area contributed by atoms with E-state index in [0.29, 0.717) is 35.7 Å². The monoisotopic (exact) mass is 458 g/mol. The summed E-state index contributed by atoms with van der Waals surface area (Å²) in [7, 11) is 0. The minimum absolute atomic E-state index is 0.319. The Morgan fingerprint density at radius 1 is 0.906 bits per heavy atom. The van der Waals surface area contributed by atoms with Crippen molar-refractivity contribution in [1.82, 2.24) is 4.98 Å². The lowest BCUT2D eigenvalue weighted by Gasteiger charge is -2.12. The highest BCUT2D eigenvalue weighted by Crippen LogP contribution is 2.40. The van der Waals surface area contributed by atoms with E-state index in [1.165, 1.54) is 6.07 Å². The molecule has 3 nitrogen and oxygen atoms in total. The minimum atomic E-state index is -4.53. The molecule has 0 saturated carbocycles. The van der Waals surface area contributed by atoms with Crippen LogP contribution in [0, 0.1) is 0 Å². The Morgan fingerprint density at radius 3 is 2.41 bits per heavy atom. The SMILES string of the molecule is NCCCCc1c(-c2ccc(Cl)c(C(F)(F)F)c2)[nH]c2ccc(Oc3ccccc3)cc12. The number of aryl methyl sites for hydroxylation is 1. The zero-order valence-electron chi connectivity index (χ0n) is 17.2. The molecule has 166 valence electrons. The van der Waals surface area contributed by atoms with E-state index in [1.54, 1.807) is 6.07 Å². The van der Waals surface area contributed by atoms with E-state index in [2.05, 4.69) is 4.98 Å². The van der Waals surface area contributed by atoms with Crippen molar-refractivity contribution >= 4 is 22.5 Å². The van der Waals surface area contributed by atoms with Crippen molar-refractivity contribution in [2.75, 3.05) is 6.54 Å². The van der Waals surface area contributed by atoms with Crippen LogP contribution in [0.1, 0.15) is 24.0 Å². The zero-order valence-corrected chi connectivity index (χ0v) is 17.9. The summed E-state index contributed by atoms with van der Waals surface area (Å²) < 4.78 is 46.3. The molecule has 3 aromatic carbocycles. The average Bonchev–Trinajstić information content (AvgIpc) is 3.12. The fourth-order valence-corrected chi connectivity index (χ4v) is 3.99. The largest absolute Gasteiger partial charge is 0.457 e. The topological polar surface area (TPSA) is 51.0 Å². The van der Waals surface area contributed by atoms with Crippen molar-refractivity contribution in [1.29, 1.82) is 0 Å². The van der Waals surface area contributed by atoms with Crippen LogP contribution in [0.2, 0.25) is 5.02 Å². The van der Waals surface area contributed by atoms with Crippen molar-refractivity contribution in [2.45, 2.75) is 25.4 Å². The normalized spacial score (nSPS) is 11.8. The Labute approximate surface area is 189 Å². The predicted octanol–water partition coefficient (Wildman–Crippen LogP) is 7.58. The van der Waals surface area contributed by atoms with Gasteiger partial charge in [-0.05, 0) is 79.4 Å². The molecule has 7 heteroatoms. The fraction of sp³-hybridized carbons (Fsp3) is 0.200. The lowest BCUT2D eigenvalue weighted by atomic mass is 9.99. The minimum Gasteiger partial charge on any atom is -0.457 e. The van der Waals surface area contributed by atoms with Gasteiger partial charge in [0.1, 0.15) is 11.5 Å². The third-order valence-electron chi connectivity index (χ3n) is 5.30. The second kappa shape index (κ2) is 9.27. The van der Waals surface area contributed by atoms with Gasteiger partial charge in [-0.15, -0.1) is 0 Å². The first-order valence-electron chi connectivity index (χ1n) is 10.3. The van der Waals surface area contributed by atoms with Gasteiger partial charge in [0.25, 0.3) is 0 Å². The fourth-order valence-electron chi connectivity index (χ4n) is 3.77. The van der Waals surface area contributed by atoms with E-state index in [1.807, 2.05) is 48.5 Å². The molecule has 0 atom stereocenters. The third-order valence-corrected chi connectivity index (χ3v) is 5.63. The number of alkyl halides is 3. The van der Waals surface area contributed by atoms with Crippen LogP contribution in [0.25, 0.3) is 22.2 Å². The van der Waals surface area contributed by atoms with Crippen LogP contribution < -0.4 is 10.5 Å². The van der Waals surface area contributed by atoms with E-state index in [4.69, 9.17) is 22.1 Å². The number of aromatic nitrogens is 1. The number of para-hydroxylation sites is 1. The molecule has 32 heavy (non-hydrogen) atoms. The summed E-state index contributed by atoms with van der Waals surface area (Å²) in [5.41, 5.74) is 7.65. The highest BCUT2D eigenvalue weighted by molar-refractivity contribution is 6.31. The molecule has 0 bridgehead atoms. The molecule has 1 heterocycles. The quantitative estimate of drug-likeness (QED) is 0.280. The molecule has 0 fully saturated rings. The Balaban J connectivity index is 1.80. The van der Waals surface area contributed by atoms with Gasteiger partial charge in [0, 0.05) is 16.6 Å². The lowest BCUT2D eigenvalue weighted by Crippen LogP contribution is -2.06. The first kappa shape index (κ1) is 22.2. The molecule has 0 aliphatic carbocycles. The Hall–Kier alpha value is -2.96. The molecule has 4 rings (SSSR count). The number of nitrogens with two attached hydrogens (primary N) is 1. The summed E-state index contributed by atoms with van der Waals surface area (Å²) in [5, 5.41) is 0.592. The standard InChI is InChI=1S/C25H22ClF3N2O/c26-22-11-9-16(14-21(22)25(27,28)29)24-19(8-4-5-13-30)20-15-18(10-12-23(20)31-24)32-17-6-2-1-3-7-17/h1-3,6-7,9-12,14-15,31H,4-5,8,13,30H2. The second-order valence-electron chi connectivity index (χ2n) is 7.54. The Bertz CT molecular complexity index is 1220. The summed E-state index contributed by atoms with van der Waals surface area (Å²) >= 11 is 5.83. The number of rotatable bonds is 7. The van der Waals surface area contributed by atoms with Gasteiger partial charge in [0.05, 0.1) is 10.6 Å². The molecule has 0 amide bonds. The van der Waals surface area contributed by atoms with Crippen LogP contribution in [-0.2, 0) is 12.6 Å². The first-order valence-corrected chi connectivity index (χ1v) is 10.7. The number of ether oxygens (including phenoxy) is 1. The van der Waals surface area contributed by atoms with Crippen LogP contribution in [0.15, 0.2) is 66.7 Å². The summed E-state index contributed by atoms with van der Waals surface area (Å²) in [4.78, 5) is 3.30. The number of fused-ring (bicyclic) bond motifs is 1. The van der Waals surface area contributed by atoms with E-state index in [9.17, 15) is 13.2 Å². The number of halogens is 4. The van der Waals surface area contributed by atoms with Crippen LogP contribution in [0.5, 0.6) is 11.5 Å². The smallest absolute Gasteiger partial charge is 0.417 e. The van der Waals surface area contributed by atoms with E-state index >= 15 is 0 Å². The van der Waals surface area contributed by atoms with E-state index in [0.717, 1.165) is 35.4 Å². The molecule has 0 aliphatic heterocycles. The lowest BCUT2D eigenvalue weighted by molar-refractivity contribution is -0.137. The van der Waals surface area contributed by atoms with Crippen molar-refractivity contribution in [3.05, 3.63) is 82.9 Å². The summed E-state index contributed by atoms with van der Waals surface area (Å²) in [6, 6.07) is 19.0. The number of unbranched alkanes of at least 4 members (excludes halogenated alkanes) is 1. The number of H-pyrrole nitrogens is 1. The second-order valence-corrected chi connectivity index (χ2v) is 7.95. The van der Waals surface area contributed by atoms with Gasteiger partial charge < -0.3 is 15.5 Å². The van der Waals surface area contributed by atoms with Crippen LogP contribution in [0.4, 0.5) is 13.2 Å². The van der Waals surface area contributed by atoms with Gasteiger partial charge in [0.15, 0.2) is 0 Å². The number of hydrogen-bond acceptors (Lipinski definition) is 2. The zero-order chi connectivity index (χ0) is 22.7. The van der Waals surface area contributed by atoms with Gasteiger partial charge >= 0.3 is 6.18 Å². The van der Waals surface area contributed by atoms with Crippen LogP contribution in [-0.4, -0.2) is 11.5 Å². The molecular weight excluding hydrogens is 437 g/mol. The molecule has 0 aliphatic rings. The first-order chi connectivity index (χ1) is 15.4. The van der Waals surface area contributed by atoms with Crippen LogP contribution in [0.3, 0.4) is 0 Å². The van der Waals surface area contributed by atoms with Crippen molar-refractivity contribution in [3.63, 3.8) is 0 Å². The summed E-state index contributed by atoms with van der Waals surface area (Å²) in [6.45, 7) is 0.555. The number of aromatic amines is 1. The Kier molecular flexibility index (Phi) is 6.44. The summed E-state index contributed by atoms with van der Waals surface area (Å²) in [5.74, 6) is 1.36. The molecular formula is C25H22ClF3N2O. The maximum Gasteiger partial charge on any atom is 0.417 e. The molecule has 0 saturated heterocycles. The van der Waals surface area contributed by atoms with Gasteiger partial charge in [-0.25, -0.2) is 0 Å². The van der Waals surface area contributed by atoms with Crippen molar-refractivity contribution in [3.8, 4) is 22.8 Å². The maximum atomic E-state index is 13.4. The molecule has 3 N–H and O–H groups in total. The predicted molar refractivity (Wildman–Crippen MR) is 122 cm³/mol. The summed E-state index contributed by atoms with van der Waals surface area (Å²) in [6.07, 6.45) is -2.22. The molecule has 4 aromatic rings. The van der Waals surface area contributed by atoms with E-state index in [-0.39, 0.29) is 5.02 Å².